The smallest absolute Gasteiger partial charge is 0.313 e. The summed E-state index contributed by atoms with van der Waals surface area (Å²) in [6.45, 7) is 2.01. The second-order valence-corrected chi connectivity index (χ2v) is 5.73. The molecule has 7 heteroatoms. The second-order valence-electron chi connectivity index (χ2n) is 3.94. The number of thioether (sulfide) groups is 2. The monoisotopic (exact) mass is 309 g/mol. The van der Waals surface area contributed by atoms with Gasteiger partial charge in [-0.3, -0.25) is 9.36 Å². The van der Waals surface area contributed by atoms with Crippen LogP contribution < -0.4 is 0 Å². The molecule has 1 aromatic carbocycles. The van der Waals surface area contributed by atoms with Gasteiger partial charge in [-0.15, -0.1) is 22.0 Å². The lowest BCUT2D eigenvalue weighted by Gasteiger charge is -2.12. The fourth-order valence-electron chi connectivity index (χ4n) is 1.81. The van der Waals surface area contributed by atoms with Gasteiger partial charge in [0.25, 0.3) is 0 Å². The predicted molar refractivity (Wildman–Crippen MR) is 80.9 cm³/mol. The molecule has 0 amide bonds. The van der Waals surface area contributed by atoms with E-state index in [0.29, 0.717) is 5.16 Å². The van der Waals surface area contributed by atoms with Gasteiger partial charge >= 0.3 is 5.97 Å². The van der Waals surface area contributed by atoms with Crippen LogP contribution in [-0.4, -0.2) is 37.8 Å². The van der Waals surface area contributed by atoms with Gasteiger partial charge in [0, 0.05) is 11.3 Å². The van der Waals surface area contributed by atoms with E-state index in [4.69, 9.17) is 5.11 Å². The molecule has 0 fully saturated rings. The molecule has 0 aliphatic carbocycles. The van der Waals surface area contributed by atoms with Crippen LogP contribution in [-0.2, 0) is 11.2 Å². The molecule has 1 aromatic heterocycles. The molecule has 0 saturated heterocycles. The van der Waals surface area contributed by atoms with Gasteiger partial charge in [0.05, 0.1) is 11.4 Å². The first kappa shape index (κ1) is 14.9. The maximum atomic E-state index is 10.7. The Morgan fingerprint density at radius 3 is 2.75 bits per heavy atom. The zero-order valence-electron chi connectivity index (χ0n) is 11.2. The number of benzene rings is 1. The van der Waals surface area contributed by atoms with E-state index in [1.54, 1.807) is 11.8 Å². The van der Waals surface area contributed by atoms with Crippen molar-refractivity contribution in [3.63, 3.8) is 0 Å². The molecule has 0 aliphatic heterocycles. The molecule has 2 rings (SSSR count). The van der Waals surface area contributed by atoms with Crippen LogP contribution >= 0.6 is 23.5 Å². The zero-order valence-corrected chi connectivity index (χ0v) is 12.9. The summed E-state index contributed by atoms with van der Waals surface area (Å²) < 4.78 is 1.94. The molecule has 0 radical (unpaired) electrons. The van der Waals surface area contributed by atoms with E-state index in [1.165, 1.54) is 11.8 Å². The maximum absolute atomic E-state index is 10.7. The summed E-state index contributed by atoms with van der Waals surface area (Å²) in [7, 11) is 0. The number of carboxylic acid groups (broad SMARTS) is 1. The minimum atomic E-state index is -0.860. The fourth-order valence-corrected chi connectivity index (χ4v) is 3.07. The molecule has 0 aliphatic rings. The largest absolute Gasteiger partial charge is 0.481 e. The summed E-state index contributed by atoms with van der Waals surface area (Å²) in [6, 6.07) is 7.97. The molecule has 5 nitrogen and oxygen atoms in total. The first-order valence-electron chi connectivity index (χ1n) is 6.09. The highest BCUT2D eigenvalue weighted by atomic mass is 32.2. The number of aryl methyl sites for hydroxylation is 1. The Balaban J connectivity index is 2.47. The average molecular weight is 309 g/mol. The van der Waals surface area contributed by atoms with Gasteiger partial charge in [0.1, 0.15) is 5.82 Å². The lowest BCUT2D eigenvalue weighted by Crippen LogP contribution is -2.05. The lowest BCUT2D eigenvalue weighted by atomic mass is 10.3. The number of hydrogen-bond donors (Lipinski definition) is 1. The van der Waals surface area contributed by atoms with Gasteiger partial charge in [-0.25, -0.2) is 0 Å². The van der Waals surface area contributed by atoms with Gasteiger partial charge in [-0.05, 0) is 18.4 Å². The molecule has 1 N–H and O–H groups in total. The number of para-hydroxylation sites is 1. The van der Waals surface area contributed by atoms with Crippen molar-refractivity contribution >= 4 is 29.5 Å². The van der Waals surface area contributed by atoms with Crippen LogP contribution in [0.5, 0.6) is 0 Å². The van der Waals surface area contributed by atoms with Gasteiger partial charge < -0.3 is 5.11 Å². The first-order chi connectivity index (χ1) is 9.67. The molecule has 20 heavy (non-hydrogen) atoms. The number of aromatic nitrogens is 3. The number of carbonyl (C=O) groups is 1. The van der Waals surface area contributed by atoms with E-state index in [0.717, 1.165) is 22.8 Å². The molecule has 2 aromatic rings. The fraction of sp³-hybridized carbons (Fsp3) is 0.308. The van der Waals surface area contributed by atoms with Crippen molar-refractivity contribution in [1.82, 2.24) is 14.8 Å². The molecule has 0 bridgehead atoms. The molecule has 0 unspecified atom stereocenters. The van der Waals surface area contributed by atoms with E-state index in [-0.39, 0.29) is 5.75 Å². The Kier molecular flexibility index (Phi) is 5.08. The Morgan fingerprint density at radius 1 is 1.35 bits per heavy atom. The van der Waals surface area contributed by atoms with Crippen molar-refractivity contribution in [2.24, 2.45) is 0 Å². The van der Waals surface area contributed by atoms with Crippen molar-refractivity contribution in [2.45, 2.75) is 23.4 Å². The van der Waals surface area contributed by atoms with Crippen LogP contribution in [0.3, 0.4) is 0 Å². The summed E-state index contributed by atoms with van der Waals surface area (Å²) in [5, 5.41) is 17.7. The van der Waals surface area contributed by atoms with E-state index in [1.807, 2.05) is 42.0 Å². The normalized spacial score (nSPS) is 10.7. The van der Waals surface area contributed by atoms with Crippen LogP contribution in [0.4, 0.5) is 0 Å². The predicted octanol–water partition coefficient (Wildman–Crippen LogP) is 2.73. The summed E-state index contributed by atoms with van der Waals surface area (Å²) in [4.78, 5) is 11.8. The van der Waals surface area contributed by atoms with Gasteiger partial charge in [0.2, 0.25) is 0 Å². The molecule has 0 spiro atoms. The Hall–Kier alpha value is -1.47. The van der Waals surface area contributed by atoms with E-state index >= 15 is 0 Å². The van der Waals surface area contributed by atoms with E-state index in [9.17, 15) is 4.79 Å². The standard InChI is InChI=1S/C13H15N3O2S2/c1-3-11-14-15-13(20-8-12(17)18)16(11)9-6-4-5-7-10(9)19-2/h4-7H,3,8H2,1-2H3,(H,17,18). The average Bonchev–Trinajstić information content (AvgIpc) is 2.87. The van der Waals surface area contributed by atoms with Crippen LogP contribution in [0, 0.1) is 0 Å². The Labute approximate surface area is 125 Å². The van der Waals surface area contributed by atoms with Crippen molar-refractivity contribution in [3.8, 4) is 5.69 Å². The third kappa shape index (κ3) is 3.16. The van der Waals surface area contributed by atoms with Crippen molar-refractivity contribution in [3.05, 3.63) is 30.1 Å². The first-order valence-corrected chi connectivity index (χ1v) is 8.30. The minimum absolute atomic E-state index is 0.0245. The summed E-state index contributed by atoms with van der Waals surface area (Å²) in [6.07, 6.45) is 2.75. The number of hydrogen-bond acceptors (Lipinski definition) is 5. The van der Waals surface area contributed by atoms with Crippen LogP contribution in [0.1, 0.15) is 12.7 Å². The number of nitrogens with zero attached hydrogens (tertiary/aromatic N) is 3. The highest BCUT2D eigenvalue weighted by molar-refractivity contribution is 7.99. The molecular weight excluding hydrogens is 294 g/mol. The van der Waals surface area contributed by atoms with Gasteiger partial charge in [-0.1, -0.05) is 30.8 Å². The maximum Gasteiger partial charge on any atom is 0.313 e. The molecule has 0 atom stereocenters. The number of aliphatic carboxylic acids is 1. The third-order valence-corrected chi connectivity index (χ3v) is 4.37. The molecule has 1 heterocycles. The number of carboxylic acids is 1. The SMILES string of the molecule is CCc1nnc(SCC(=O)O)n1-c1ccccc1SC. The van der Waals surface area contributed by atoms with Crippen LogP contribution in [0.15, 0.2) is 34.3 Å². The third-order valence-electron chi connectivity index (χ3n) is 2.67. The van der Waals surface area contributed by atoms with E-state index in [2.05, 4.69) is 10.2 Å². The van der Waals surface area contributed by atoms with Gasteiger partial charge in [-0.2, -0.15) is 0 Å². The van der Waals surface area contributed by atoms with Crippen molar-refractivity contribution in [1.29, 1.82) is 0 Å². The van der Waals surface area contributed by atoms with Crippen LogP contribution in [0.25, 0.3) is 5.69 Å². The summed E-state index contributed by atoms with van der Waals surface area (Å²) in [5.74, 6) is -0.0522. The molecule has 0 saturated carbocycles. The lowest BCUT2D eigenvalue weighted by molar-refractivity contribution is -0.133. The minimum Gasteiger partial charge on any atom is -0.481 e. The Bertz CT molecular complexity index is 613. The Morgan fingerprint density at radius 2 is 2.10 bits per heavy atom. The highest BCUT2D eigenvalue weighted by Crippen LogP contribution is 2.29. The van der Waals surface area contributed by atoms with Gasteiger partial charge in [0.15, 0.2) is 5.16 Å². The quantitative estimate of drug-likeness (QED) is 0.828. The summed E-state index contributed by atoms with van der Waals surface area (Å²) in [5.41, 5.74) is 0.995. The number of rotatable bonds is 6. The zero-order chi connectivity index (χ0) is 14.5. The molecular formula is C13H15N3O2S2. The second kappa shape index (κ2) is 6.81. The van der Waals surface area contributed by atoms with Crippen LogP contribution in [0.2, 0.25) is 0 Å². The summed E-state index contributed by atoms with van der Waals surface area (Å²) >= 11 is 2.83. The van der Waals surface area contributed by atoms with Crippen molar-refractivity contribution < 1.29 is 9.90 Å². The molecule has 106 valence electrons. The van der Waals surface area contributed by atoms with E-state index < -0.39 is 5.97 Å². The highest BCUT2D eigenvalue weighted by Gasteiger charge is 2.16. The topological polar surface area (TPSA) is 68.0 Å². The van der Waals surface area contributed by atoms with Crippen molar-refractivity contribution in [2.75, 3.05) is 12.0 Å².